The van der Waals surface area contributed by atoms with E-state index in [1.54, 1.807) is 0 Å². The van der Waals surface area contributed by atoms with Gasteiger partial charge in [0.25, 0.3) is 0 Å². The topological polar surface area (TPSA) is 54.4 Å². The van der Waals surface area contributed by atoms with Crippen LogP contribution in [-0.2, 0) is 29.6 Å². The minimum atomic E-state index is -5.84. The number of rotatable bonds is 0. The van der Waals surface area contributed by atoms with Gasteiger partial charge in [-0.05, 0) is 0 Å². The van der Waals surface area contributed by atoms with E-state index in [-0.39, 0.29) is 19.5 Å². The maximum Gasteiger partial charge on any atom is 0.522 e. The molecule has 1 aliphatic rings. The average Bonchev–Trinajstić information content (AvgIpc) is 1.98. The third kappa shape index (κ3) is 10.7. The summed E-state index contributed by atoms with van der Waals surface area (Å²) in [6.45, 7) is 0. The molecule has 17 heavy (non-hydrogen) atoms. The van der Waals surface area contributed by atoms with Crippen molar-refractivity contribution in [3.63, 3.8) is 0 Å². The Morgan fingerprint density at radius 3 is 2.24 bits per heavy atom. The zero-order valence-electron chi connectivity index (χ0n) is 8.70. The first-order valence-electron chi connectivity index (χ1n) is 4.50. The Balaban J connectivity index is 0. The van der Waals surface area contributed by atoms with Crippen LogP contribution in [0, 0.1) is 6.08 Å². The van der Waals surface area contributed by atoms with Crippen molar-refractivity contribution in [3.8, 4) is 0 Å². The van der Waals surface area contributed by atoms with Crippen molar-refractivity contribution in [3.05, 3.63) is 24.3 Å². The molecule has 0 amide bonds. The second-order valence-corrected chi connectivity index (χ2v) is 4.38. The Bertz CT molecular complexity index is 333. The van der Waals surface area contributed by atoms with E-state index in [1.807, 2.05) is 6.08 Å². The molecule has 0 atom stereocenters. The minimum Gasteiger partial charge on any atom is -0.279 e. The largest absolute Gasteiger partial charge is 0.522 e. The van der Waals surface area contributed by atoms with Crippen LogP contribution in [0.1, 0.15) is 25.7 Å². The molecule has 1 aliphatic carbocycles. The molecule has 8 heteroatoms. The molecular formula is C9H12F3O3RhS-. The smallest absolute Gasteiger partial charge is 0.279 e. The van der Waals surface area contributed by atoms with Crippen molar-refractivity contribution in [1.29, 1.82) is 0 Å². The standard InChI is InChI=1S/C8H11.CHF3O3S.Rh/c1-2-4-6-8-7-5-3-1;2-1(3,4)8(5,6)7;/h1-3H,4,6-8H2;(H,5,6,7);/q-1;;. The summed E-state index contributed by atoms with van der Waals surface area (Å²) in [5.41, 5.74) is -5.53. The van der Waals surface area contributed by atoms with Crippen molar-refractivity contribution >= 4 is 10.1 Å². The molecule has 3 nitrogen and oxygen atoms in total. The third-order valence-corrected chi connectivity index (χ3v) is 2.17. The number of allylic oxidation sites excluding steroid dienone is 4. The van der Waals surface area contributed by atoms with Crippen LogP contribution in [0.15, 0.2) is 18.2 Å². The molecule has 0 fully saturated rings. The van der Waals surface area contributed by atoms with E-state index in [4.69, 9.17) is 13.0 Å². The first-order valence-corrected chi connectivity index (χ1v) is 5.94. The van der Waals surface area contributed by atoms with Crippen LogP contribution >= 0.6 is 0 Å². The van der Waals surface area contributed by atoms with Gasteiger partial charge < -0.3 is 0 Å². The Morgan fingerprint density at radius 1 is 1.24 bits per heavy atom. The predicted molar refractivity (Wildman–Crippen MR) is 53.0 cm³/mol. The fraction of sp³-hybridized carbons (Fsp3) is 0.556. The van der Waals surface area contributed by atoms with Crippen LogP contribution in [0.5, 0.6) is 0 Å². The van der Waals surface area contributed by atoms with E-state index in [1.165, 1.54) is 19.3 Å². The van der Waals surface area contributed by atoms with E-state index < -0.39 is 15.6 Å². The second-order valence-electron chi connectivity index (χ2n) is 2.97. The van der Waals surface area contributed by atoms with Gasteiger partial charge in [-0.2, -0.15) is 27.7 Å². The predicted octanol–water partition coefficient (Wildman–Crippen LogP) is 2.87. The van der Waals surface area contributed by atoms with Crippen LogP contribution < -0.4 is 0 Å². The molecule has 0 unspecified atom stereocenters. The summed E-state index contributed by atoms with van der Waals surface area (Å²) in [4.78, 5) is 0. The van der Waals surface area contributed by atoms with Crippen molar-refractivity contribution < 1.29 is 45.6 Å². The summed E-state index contributed by atoms with van der Waals surface area (Å²) < 4.78 is 57.5. The maximum atomic E-state index is 10.7. The molecule has 0 saturated heterocycles. The Morgan fingerprint density at radius 2 is 1.76 bits per heavy atom. The third-order valence-electron chi connectivity index (χ3n) is 1.58. The number of alkyl halides is 3. The molecule has 0 aliphatic heterocycles. The molecule has 0 spiro atoms. The van der Waals surface area contributed by atoms with Gasteiger partial charge in [-0.1, -0.05) is 19.3 Å². The molecule has 1 N–H and O–H groups in total. The number of hydrogen-bond donors (Lipinski definition) is 1. The summed E-state index contributed by atoms with van der Waals surface area (Å²) in [6, 6.07) is 0. The van der Waals surface area contributed by atoms with E-state index in [0.29, 0.717) is 0 Å². The van der Waals surface area contributed by atoms with E-state index >= 15 is 0 Å². The van der Waals surface area contributed by atoms with Gasteiger partial charge in [0.1, 0.15) is 0 Å². The molecule has 0 aromatic rings. The normalized spacial score (nSPS) is 16.0. The SMILES string of the molecule is O=S(=O)(O)C(F)(F)F.[C-]1=CC=CCCCC1.[Rh]. The van der Waals surface area contributed by atoms with Crippen LogP contribution in [-0.4, -0.2) is 18.5 Å². The minimum absolute atomic E-state index is 0. The fourth-order valence-electron chi connectivity index (χ4n) is 0.805. The van der Waals surface area contributed by atoms with Gasteiger partial charge in [0.15, 0.2) is 0 Å². The Labute approximate surface area is 111 Å². The van der Waals surface area contributed by atoms with E-state index in [2.05, 4.69) is 18.2 Å². The van der Waals surface area contributed by atoms with Gasteiger partial charge >= 0.3 is 15.6 Å². The van der Waals surface area contributed by atoms with Crippen molar-refractivity contribution in [2.75, 3.05) is 0 Å². The molecule has 103 valence electrons. The zero-order chi connectivity index (χ0) is 12.7. The van der Waals surface area contributed by atoms with Crippen LogP contribution in [0.25, 0.3) is 0 Å². The molecule has 0 heterocycles. The van der Waals surface area contributed by atoms with Gasteiger partial charge in [0.05, 0.1) is 0 Å². The summed E-state index contributed by atoms with van der Waals surface area (Å²) in [7, 11) is -5.84. The molecule has 0 saturated carbocycles. The molecular weight excluding hydrogens is 348 g/mol. The summed E-state index contributed by atoms with van der Waals surface area (Å²) in [6.07, 6.45) is 14.5. The van der Waals surface area contributed by atoms with Gasteiger partial charge in [-0.15, -0.1) is 6.42 Å². The number of halogens is 3. The van der Waals surface area contributed by atoms with Gasteiger partial charge in [0.2, 0.25) is 0 Å². The van der Waals surface area contributed by atoms with Gasteiger partial charge in [0, 0.05) is 19.5 Å². The van der Waals surface area contributed by atoms with Crippen molar-refractivity contribution in [2.45, 2.75) is 31.2 Å². The summed E-state index contributed by atoms with van der Waals surface area (Å²) >= 11 is 0. The molecule has 0 aromatic carbocycles. The Kier molecular flexibility index (Phi) is 9.95. The molecule has 0 aromatic heterocycles. The van der Waals surface area contributed by atoms with Gasteiger partial charge in [-0.3, -0.25) is 10.6 Å². The molecule has 0 bridgehead atoms. The zero-order valence-corrected chi connectivity index (χ0v) is 11.2. The first-order chi connectivity index (χ1) is 7.25. The molecule has 1 rings (SSSR count). The summed E-state index contributed by atoms with van der Waals surface area (Å²) in [5.74, 6) is 0. The number of hydrogen-bond acceptors (Lipinski definition) is 2. The van der Waals surface area contributed by atoms with E-state index in [9.17, 15) is 13.2 Å². The fourth-order valence-corrected chi connectivity index (χ4v) is 0.805. The van der Waals surface area contributed by atoms with Crippen LogP contribution in [0.3, 0.4) is 0 Å². The van der Waals surface area contributed by atoms with Crippen LogP contribution in [0.4, 0.5) is 13.2 Å². The van der Waals surface area contributed by atoms with Crippen molar-refractivity contribution in [2.24, 2.45) is 0 Å². The van der Waals surface area contributed by atoms with E-state index in [0.717, 1.165) is 6.42 Å². The monoisotopic (exact) mass is 360 g/mol. The first kappa shape index (κ1) is 19.2. The second kappa shape index (κ2) is 8.83. The Hall–Kier alpha value is -0.197. The maximum absolute atomic E-state index is 10.7. The van der Waals surface area contributed by atoms with Crippen LogP contribution in [0.2, 0.25) is 0 Å². The quantitative estimate of drug-likeness (QED) is 0.313. The van der Waals surface area contributed by atoms with Gasteiger partial charge in [-0.25, -0.2) is 12.2 Å². The van der Waals surface area contributed by atoms with Crippen molar-refractivity contribution in [1.82, 2.24) is 0 Å². The molecule has 1 radical (unpaired) electrons. The average molecular weight is 360 g/mol. The summed E-state index contributed by atoms with van der Waals surface area (Å²) in [5, 5.41) is 0.